The largest absolute Gasteiger partial charge is 0.497 e. The molecule has 0 aliphatic rings. The molecule has 0 unspecified atom stereocenters. The molecule has 2 aromatic heterocycles. The molecule has 0 N–H and O–H groups in total. The van der Waals surface area contributed by atoms with Crippen molar-refractivity contribution in [1.82, 2.24) is 19.4 Å². The van der Waals surface area contributed by atoms with E-state index in [0.29, 0.717) is 16.5 Å². The summed E-state index contributed by atoms with van der Waals surface area (Å²) < 4.78 is 14.6. The zero-order valence-electron chi connectivity index (χ0n) is 12.2. The summed E-state index contributed by atoms with van der Waals surface area (Å²) in [4.78, 5) is 4.26. The Morgan fingerprint density at radius 3 is 2.48 bits per heavy atom. The first-order valence-electron chi connectivity index (χ1n) is 6.95. The third-order valence-electron chi connectivity index (χ3n) is 3.44. The van der Waals surface area contributed by atoms with Crippen molar-refractivity contribution in [3.8, 4) is 22.9 Å². The fraction of sp³-hybridized carbons (Fsp3) is 0.0625. The van der Waals surface area contributed by atoms with E-state index in [4.69, 9.17) is 21.4 Å². The summed E-state index contributed by atoms with van der Waals surface area (Å²) in [7, 11) is 1.63. The van der Waals surface area contributed by atoms with Crippen LogP contribution in [0.2, 0.25) is 0 Å². The summed E-state index contributed by atoms with van der Waals surface area (Å²) in [5.41, 5.74) is 1.71. The lowest BCUT2D eigenvalue weighted by molar-refractivity contribution is 0.415. The van der Waals surface area contributed by atoms with Crippen molar-refractivity contribution in [2.24, 2.45) is 0 Å². The highest BCUT2D eigenvalue weighted by atomic mass is 32.1. The average Bonchev–Trinajstić information content (AvgIpc) is 3.12. The van der Waals surface area contributed by atoms with E-state index in [9.17, 15) is 0 Å². The number of hydrogen-bond donors (Lipinski definition) is 0. The molecule has 0 amide bonds. The van der Waals surface area contributed by atoms with E-state index in [0.717, 1.165) is 17.0 Å². The summed E-state index contributed by atoms with van der Waals surface area (Å²) in [6.45, 7) is 0. The molecular formula is C16H12N4O2S. The first-order chi connectivity index (χ1) is 11.3. The third-order valence-corrected chi connectivity index (χ3v) is 3.71. The highest BCUT2D eigenvalue weighted by Crippen LogP contribution is 2.23. The van der Waals surface area contributed by atoms with Crippen molar-refractivity contribution < 1.29 is 9.15 Å². The molecule has 0 fully saturated rings. The highest BCUT2D eigenvalue weighted by Gasteiger charge is 2.14. The quantitative estimate of drug-likeness (QED) is 0.540. The second-order valence-corrected chi connectivity index (χ2v) is 5.21. The Labute approximate surface area is 136 Å². The van der Waals surface area contributed by atoms with Gasteiger partial charge < -0.3 is 9.15 Å². The van der Waals surface area contributed by atoms with Crippen molar-refractivity contribution in [2.45, 2.75) is 0 Å². The van der Waals surface area contributed by atoms with Gasteiger partial charge in [-0.25, -0.2) is 4.68 Å². The number of nitrogens with zero attached hydrogens (tertiary/aromatic N) is 4. The van der Waals surface area contributed by atoms with Crippen molar-refractivity contribution >= 4 is 18.1 Å². The van der Waals surface area contributed by atoms with Gasteiger partial charge in [-0.05, 0) is 48.6 Å². The Morgan fingerprint density at radius 2 is 1.78 bits per heavy atom. The number of hydrogen-bond acceptors (Lipinski definition) is 5. The second-order valence-electron chi connectivity index (χ2n) is 4.85. The van der Waals surface area contributed by atoms with Gasteiger partial charge in [0.2, 0.25) is 10.7 Å². The van der Waals surface area contributed by atoms with Gasteiger partial charge in [-0.15, -0.1) is 9.73 Å². The lowest BCUT2D eigenvalue weighted by Gasteiger charge is -2.01. The van der Waals surface area contributed by atoms with Crippen LogP contribution in [0.4, 0.5) is 0 Å². The lowest BCUT2D eigenvalue weighted by atomic mass is 10.2. The van der Waals surface area contributed by atoms with Gasteiger partial charge >= 0.3 is 5.84 Å². The standard InChI is InChI=1S/C16H12N4O2S/c1-21-13-9-7-11(8-10-13)14-18-20-15(22-14)17-16(23)19(20)12-5-3-2-4-6-12/h2-10H,1H3. The van der Waals surface area contributed by atoms with Crippen molar-refractivity contribution in [1.29, 1.82) is 0 Å². The van der Waals surface area contributed by atoms with Crippen LogP contribution in [-0.4, -0.2) is 26.5 Å². The molecular weight excluding hydrogens is 312 g/mol. The molecule has 0 saturated heterocycles. The van der Waals surface area contributed by atoms with E-state index in [1.807, 2.05) is 54.6 Å². The molecule has 0 atom stereocenters. The van der Waals surface area contributed by atoms with Gasteiger partial charge in [0.15, 0.2) is 0 Å². The van der Waals surface area contributed by atoms with Crippen LogP contribution in [0.3, 0.4) is 0 Å². The smallest absolute Gasteiger partial charge is 0.344 e. The predicted octanol–water partition coefficient (Wildman–Crippen LogP) is 3.52. The molecule has 0 bridgehead atoms. The molecule has 0 spiro atoms. The Kier molecular flexibility index (Phi) is 3.20. The van der Waals surface area contributed by atoms with Crippen LogP contribution < -0.4 is 4.74 Å². The normalized spacial score (nSPS) is 11.0. The fourth-order valence-corrected chi connectivity index (χ4v) is 2.58. The van der Waals surface area contributed by atoms with E-state index in [2.05, 4.69) is 10.1 Å². The minimum Gasteiger partial charge on any atom is -0.497 e. The van der Waals surface area contributed by atoms with Crippen LogP contribution in [-0.2, 0) is 0 Å². The Bertz CT molecular complexity index is 1020. The minimum absolute atomic E-state index is 0.352. The molecule has 0 aliphatic carbocycles. The fourth-order valence-electron chi connectivity index (χ4n) is 2.32. The van der Waals surface area contributed by atoms with Crippen LogP contribution in [0.15, 0.2) is 59.0 Å². The van der Waals surface area contributed by atoms with Gasteiger partial charge in [0.25, 0.3) is 0 Å². The number of rotatable bonds is 3. The number of ether oxygens (including phenoxy) is 1. The summed E-state index contributed by atoms with van der Waals surface area (Å²) >= 11 is 5.30. The maximum absolute atomic E-state index is 5.72. The van der Waals surface area contributed by atoms with Crippen LogP contribution >= 0.6 is 12.2 Å². The molecule has 0 aliphatic heterocycles. The first-order valence-corrected chi connectivity index (χ1v) is 7.36. The minimum atomic E-state index is 0.352. The maximum atomic E-state index is 5.72. The van der Waals surface area contributed by atoms with Crippen LogP contribution in [0, 0.1) is 4.77 Å². The second kappa shape index (κ2) is 5.36. The average molecular weight is 324 g/mol. The van der Waals surface area contributed by atoms with Crippen molar-refractivity contribution in [3.05, 3.63) is 59.4 Å². The summed E-state index contributed by atoms with van der Waals surface area (Å²) in [6, 6.07) is 17.1. The molecule has 4 rings (SSSR count). The van der Waals surface area contributed by atoms with E-state index in [1.165, 1.54) is 0 Å². The topological polar surface area (TPSA) is 57.5 Å². The van der Waals surface area contributed by atoms with E-state index in [1.54, 1.807) is 16.4 Å². The van der Waals surface area contributed by atoms with Gasteiger partial charge in [-0.1, -0.05) is 18.2 Å². The molecule has 6 nitrogen and oxygen atoms in total. The molecule has 114 valence electrons. The number of methoxy groups -OCH3 is 1. The number of fused-ring (bicyclic) bond motifs is 1. The Hall–Kier alpha value is -2.93. The summed E-state index contributed by atoms with van der Waals surface area (Å²) in [6.07, 6.45) is 0. The lowest BCUT2D eigenvalue weighted by Crippen LogP contribution is -2.04. The molecule has 0 radical (unpaired) electrons. The molecule has 23 heavy (non-hydrogen) atoms. The van der Waals surface area contributed by atoms with E-state index >= 15 is 0 Å². The van der Waals surface area contributed by atoms with Gasteiger partial charge in [0.1, 0.15) is 5.75 Å². The zero-order valence-corrected chi connectivity index (χ0v) is 13.0. The van der Waals surface area contributed by atoms with Crippen molar-refractivity contribution in [3.63, 3.8) is 0 Å². The molecule has 2 aromatic carbocycles. The van der Waals surface area contributed by atoms with Gasteiger partial charge in [0, 0.05) is 5.56 Å². The molecule has 7 heteroatoms. The number of para-hydroxylation sites is 1. The number of benzene rings is 2. The Balaban J connectivity index is 1.85. The maximum Gasteiger partial charge on any atom is 0.344 e. The van der Waals surface area contributed by atoms with Crippen molar-refractivity contribution in [2.75, 3.05) is 7.11 Å². The molecule has 0 saturated carbocycles. The summed E-state index contributed by atoms with van der Waals surface area (Å²) in [5.74, 6) is 1.59. The highest BCUT2D eigenvalue weighted by molar-refractivity contribution is 7.71. The van der Waals surface area contributed by atoms with Gasteiger partial charge in [-0.2, -0.15) is 4.98 Å². The first kappa shape index (κ1) is 13.7. The van der Waals surface area contributed by atoms with E-state index in [-0.39, 0.29) is 0 Å². The van der Waals surface area contributed by atoms with Crippen LogP contribution in [0.5, 0.6) is 5.75 Å². The number of aromatic nitrogens is 4. The molecule has 2 heterocycles. The SMILES string of the molecule is COc1ccc(-c2nn3c(nc(=S)n3-c3ccccc3)o2)cc1. The van der Waals surface area contributed by atoms with Crippen LogP contribution in [0.25, 0.3) is 23.0 Å². The third kappa shape index (κ3) is 2.31. The Morgan fingerprint density at radius 1 is 1.04 bits per heavy atom. The van der Waals surface area contributed by atoms with Crippen LogP contribution in [0.1, 0.15) is 0 Å². The monoisotopic (exact) mass is 324 g/mol. The predicted molar refractivity (Wildman–Crippen MR) is 87.4 cm³/mol. The van der Waals surface area contributed by atoms with Gasteiger partial charge in [-0.3, -0.25) is 0 Å². The summed E-state index contributed by atoms with van der Waals surface area (Å²) in [5, 5.41) is 4.48. The van der Waals surface area contributed by atoms with Gasteiger partial charge in [0.05, 0.1) is 12.8 Å². The zero-order chi connectivity index (χ0) is 15.8. The van der Waals surface area contributed by atoms with E-state index < -0.39 is 0 Å². The molecule has 4 aromatic rings.